The molecule has 2 heterocycles. The molecule has 0 aliphatic heterocycles. The van der Waals surface area contributed by atoms with Crippen molar-refractivity contribution in [1.29, 1.82) is 0 Å². The van der Waals surface area contributed by atoms with Gasteiger partial charge in [0, 0.05) is 33.4 Å². The third-order valence-electron chi connectivity index (χ3n) is 12.9. The predicted octanol–water partition coefficient (Wildman–Crippen LogP) is 14.7. The maximum atomic E-state index is 5.43. The molecule has 5 heteroatoms. The Kier molecular flexibility index (Phi) is 9.99. The standard InChI is InChI=1S/C62H41N5/c1-7-21-43(22-8-1)54-41-55(64-58(63-54)45-23-9-2-10-24-45)44-37-35-42(36-38-44)50-39-40-53-56(51-33-19-20-34-52(51)62(53,48-29-15-5-16-30-48)49-31-17-6-18-32-49)57(50)61-66-59(46-25-11-3-12-26-46)65-60(67-61)47-27-13-4-14-28-47/h1-41H. The van der Waals surface area contributed by atoms with Crippen LogP contribution in [0.3, 0.4) is 0 Å². The molecule has 5 nitrogen and oxygen atoms in total. The minimum Gasteiger partial charge on any atom is -0.228 e. The maximum absolute atomic E-state index is 5.43. The first-order chi connectivity index (χ1) is 33.2. The van der Waals surface area contributed by atoms with Gasteiger partial charge in [-0.2, -0.15) is 0 Å². The fourth-order valence-corrected chi connectivity index (χ4v) is 9.82. The smallest absolute Gasteiger partial charge is 0.165 e. The number of benzene rings is 9. The molecule has 0 N–H and O–H groups in total. The third kappa shape index (κ3) is 7.02. The van der Waals surface area contributed by atoms with E-state index in [4.69, 9.17) is 24.9 Å². The van der Waals surface area contributed by atoms with E-state index in [-0.39, 0.29) is 0 Å². The van der Waals surface area contributed by atoms with E-state index in [0.717, 1.165) is 67.0 Å². The van der Waals surface area contributed by atoms with Gasteiger partial charge in [-0.3, -0.25) is 0 Å². The molecule has 1 aliphatic rings. The zero-order chi connectivity index (χ0) is 44.6. The van der Waals surface area contributed by atoms with Crippen LogP contribution in [0, 0.1) is 0 Å². The molecule has 0 radical (unpaired) electrons. The average molecular weight is 856 g/mol. The number of rotatable bonds is 9. The minimum atomic E-state index is -0.622. The number of hydrogen-bond acceptors (Lipinski definition) is 5. The Morgan fingerprint density at radius 1 is 0.239 bits per heavy atom. The summed E-state index contributed by atoms with van der Waals surface area (Å²) >= 11 is 0. The van der Waals surface area contributed by atoms with E-state index in [0.29, 0.717) is 23.3 Å². The summed E-state index contributed by atoms with van der Waals surface area (Å²) in [7, 11) is 0. The molecule has 0 atom stereocenters. The van der Waals surface area contributed by atoms with Gasteiger partial charge in [0.15, 0.2) is 23.3 Å². The first kappa shape index (κ1) is 39.6. The van der Waals surface area contributed by atoms with Gasteiger partial charge in [0.25, 0.3) is 0 Å². The molecule has 11 aromatic rings. The monoisotopic (exact) mass is 855 g/mol. The van der Waals surface area contributed by atoms with Crippen LogP contribution < -0.4 is 0 Å². The van der Waals surface area contributed by atoms with Gasteiger partial charge in [0.2, 0.25) is 0 Å². The summed E-state index contributed by atoms with van der Waals surface area (Å²) in [5, 5.41) is 0. The SMILES string of the molecule is c1ccc(-c2cc(-c3ccc(-c4ccc5c(c4-c4nc(-c6ccccc6)nc(-c6ccccc6)n4)-c4ccccc4C5(c4ccccc4)c4ccccc4)cc3)nc(-c3ccccc3)n2)cc1. The number of fused-ring (bicyclic) bond motifs is 3. The third-order valence-corrected chi connectivity index (χ3v) is 12.9. The first-order valence-electron chi connectivity index (χ1n) is 22.6. The Hall–Kier alpha value is -8.93. The summed E-state index contributed by atoms with van der Waals surface area (Å²) in [6, 6.07) is 87.0. The van der Waals surface area contributed by atoms with Crippen LogP contribution in [0.2, 0.25) is 0 Å². The molecular formula is C62H41N5. The summed E-state index contributed by atoms with van der Waals surface area (Å²) in [5.41, 5.74) is 15.9. The minimum absolute atomic E-state index is 0.603. The average Bonchev–Trinajstić information content (AvgIpc) is 3.73. The van der Waals surface area contributed by atoms with Crippen LogP contribution >= 0.6 is 0 Å². The number of nitrogens with zero attached hydrogens (tertiary/aromatic N) is 5. The molecule has 67 heavy (non-hydrogen) atoms. The molecule has 0 amide bonds. The molecule has 9 aromatic carbocycles. The van der Waals surface area contributed by atoms with Gasteiger partial charge in [-0.1, -0.05) is 243 Å². The topological polar surface area (TPSA) is 64.5 Å². The van der Waals surface area contributed by atoms with Gasteiger partial charge in [0.1, 0.15) is 0 Å². The summed E-state index contributed by atoms with van der Waals surface area (Å²) in [6.45, 7) is 0. The van der Waals surface area contributed by atoms with E-state index in [1.165, 1.54) is 22.3 Å². The van der Waals surface area contributed by atoms with E-state index in [9.17, 15) is 0 Å². The lowest BCUT2D eigenvalue weighted by atomic mass is 9.67. The summed E-state index contributed by atoms with van der Waals surface area (Å²) in [6.07, 6.45) is 0. The summed E-state index contributed by atoms with van der Waals surface area (Å²) in [4.78, 5) is 26.2. The molecule has 314 valence electrons. The zero-order valence-electron chi connectivity index (χ0n) is 36.4. The molecule has 0 saturated carbocycles. The predicted molar refractivity (Wildman–Crippen MR) is 271 cm³/mol. The van der Waals surface area contributed by atoms with Crippen LogP contribution in [0.15, 0.2) is 249 Å². The van der Waals surface area contributed by atoms with Gasteiger partial charge in [-0.05, 0) is 50.6 Å². The largest absolute Gasteiger partial charge is 0.228 e. The van der Waals surface area contributed by atoms with E-state index < -0.39 is 5.41 Å². The summed E-state index contributed by atoms with van der Waals surface area (Å²) in [5.74, 6) is 2.50. The molecule has 0 fully saturated rings. The molecule has 0 spiro atoms. The van der Waals surface area contributed by atoms with Gasteiger partial charge in [0.05, 0.1) is 16.8 Å². The van der Waals surface area contributed by atoms with Crippen molar-refractivity contribution in [1.82, 2.24) is 24.9 Å². The van der Waals surface area contributed by atoms with Crippen LogP contribution in [-0.4, -0.2) is 24.9 Å². The Bertz CT molecular complexity index is 3370. The van der Waals surface area contributed by atoms with Crippen molar-refractivity contribution in [2.45, 2.75) is 5.41 Å². The molecular weight excluding hydrogens is 815 g/mol. The van der Waals surface area contributed by atoms with Gasteiger partial charge >= 0.3 is 0 Å². The summed E-state index contributed by atoms with van der Waals surface area (Å²) < 4.78 is 0. The zero-order valence-corrected chi connectivity index (χ0v) is 36.4. The van der Waals surface area contributed by atoms with Crippen molar-refractivity contribution < 1.29 is 0 Å². The number of aromatic nitrogens is 5. The second-order valence-electron chi connectivity index (χ2n) is 16.7. The highest BCUT2D eigenvalue weighted by Gasteiger charge is 2.47. The molecule has 2 aromatic heterocycles. The van der Waals surface area contributed by atoms with Crippen molar-refractivity contribution >= 4 is 0 Å². The Labute approximate surface area is 389 Å². The quantitative estimate of drug-likeness (QED) is 0.145. The molecule has 0 bridgehead atoms. The molecule has 12 rings (SSSR count). The fourth-order valence-electron chi connectivity index (χ4n) is 9.82. The fraction of sp³-hybridized carbons (Fsp3) is 0.0161. The van der Waals surface area contributed by atoms with Gasteiger partial charge in [-0.25, -0.2) is 24.9 Å². The first-order valence-corrected chi connectivity index (χ1v) is 22.6. The van der Waals surface area contributed by atoms with Crippen molar-refractivity contribution in [3.05, 3.63) is 271 Å². The van der Waals surface area contributed by atoms with E-state index in [1.54, 1.807) is 0 Å². The van der Waals surface area contributed by atoms with Crippen LogP contribution in [0.1, 0.15) is 22.3 Å². The van der Waals surface area contributed by atoms with Crippen molar-refractivity contribution in [3.8, 4) is 90.3 Å². The van der Waals surface area contributed by atoms with Crippen LogP contribution in [0.4, 0.5) is 0 Å². The van der Waals surface area contributed by atoms with Crippen molar-refractivity contribution in [3.63, 3.8) is 0 Å². The van der Waals surface area contributed by atoms with Gasteiger partial charge < -0.3 is 0 Å². The molecule has 0 unspecified atom stereocenters. The van der Waals surface area contributed by atoms with Crippen molar-refractivity contribution in [2.75, 3.05) is 0 Å². The highest BCUT2D eigenvalue weighted by atomic mass is 15.0. The Morgan fingerprint density at radius 3 is 1.13 bits per heavy atom. The maximum Gasteiger partial charge on any atom is 0.165 e. The van der Waals surface area contributed by atoms with Crippen LogP contribution in [0.5, 0.6) is 0 Å². The van der Waals surface area contributed by atoms with E-state index in [2.05, 4.69) is 176 Å². The second-order valence-corrected chi connectivity index (χ2v) is 16.7. The Morgan fingerprint density at radius 2 is 0.627 bits per heavy atom. The Balaban J connectivity index is 1.12. The highest BCUT2D eigenvalue weighted by Crippen LogP contribution is 2.59. The highest BCUT2D eigenvalue weighted by molar-refractivity contribution is 6.01. The molecule has 0 saturated heterocycles. The molecule has 1 aliphatic carbocycles. The number of hydrogen-bond donors (Lipinski definition) is 0. The second kappa shape index (κ2) is 16.9. The lowest BCUT2D eigenvalue weighted by Gasteiger charge is -2.34. The van der Waals surface area contributed by atoms with E-state index in [1.807, 2.05) is 72.8 Å². The van der Waals surface area contributed by atoms with Crippen molar-refractivity contribution in [2.24, 2.45) is 0 Å². The van der Waals surface area contributed by atoms with Crippen LogP contribution in [0.25, 0.3) is 90.3 Å². The van der Waals surface area contributed by atoms with E-state index >= 15 is 0 Å². The lowest BCUT2D eigenvalue weighted by molar-refractivity contribution is 0.768. The normalized spacial score (nSPS) is 12.3. The van der Waals surface area contributed by atoms with Gasteiger partial charge in [-0.15, -0.1) is 0 Å². The van der Waals surface area contributed by atoms with Crippen LogP contribution in [-0.2, 0) is 5.41 Å². The lowest BCUT2D eigenvalue weighted by Crippen LogP contribution is -2.28.